The third kappa shape index (κ3) is 6.21. The molecule has 1 aromatic heterocycles. The molecule has 2 aromatic rings. The Labute approximate surface area is 179 Å². The Morgan fingerprint density at radius 2 is 1.89 bits per heavy atom. The molecule has 2 N–H and O–H groups in total. The summed E-state index contributed by atoms with van der Waals surface area (Å²) in [4.78, 5) is 7.30. The first-order chi connectivity index (χ1) is 12.8. The van der Waals surface area contributed by atoms with Crippen LogP contribution in [0.5, 0.6) is 0 Å². The third-order valence-corrected chi connectivity index (χ3v) is 4.89. The highest BCUT2D eigenvalue weighted by atomic mass is 127. The first kappa shape index (κ1) is 21.7. The second-order valence-electron chi connectivity index (χ2n) is 6.69. The molecule has 1 aromatic carbocycles. The molecule has 1 unspecified atom stereocenters. The SMILES string of the molecule is CCNC(=NCc1ccnn1C)NCC(c1ccccc1)N1CCCC1.I. The summed E-state index contributed by atoms with van der Waals surface area (Å²) in [7, 11) is 1.95. The summed E-state index contributed by atoms with van der Waals surface area (Å²) in [6, 6.07) is 13.2. The van der Waals surface area contributed by atoms with E-state index in [1.165, 1.54) is 31.5 Å². The van der Waals surface area contributed by atoms with Crippen molar-refractivity contribution in [3.8, 4) is 0 Å². The van der Waals surface area contributed by atoms with Gasteiger partial charge in [0.25, 0.3) is 0 Å². The monoisotopic (exact) mass is 482 g/mol. The Hall–Kier alpha value is -1.61. The van der Waals surface area contributed by atoms with E-state index in [-0.39, 0.29) is 24.0 Å². The number of aliphatic imine (C=N–C) groups is 1. The molecule has 1 aliphatic rings. The largest absolute Gasteiger partial charge is 0.357 e. The lowest BCUT2D eigenvalue weighted by Crippen LogP contribution is -2.42. The van der Waals surface area contributed by atoms with Crippen molar-refractivity contribution in [3.05, 3.63) is 53.9 Å². The van der Waals surface area contributed by atoms with Crippen LogP contribution in [-0.2, 0) is 13.6 Å². The quantitative estimate of drug-likeness (QED) is 0.362. The molecule has 7 heteroatoms. The standard InChI is InChI=1S/C20H30N6.HI/c1-3-21-20(22-15-18-11-12-24-25(18)2)23-16-19(26-13-7-8-14-26)17-9-5-4-6-10-17;/h4-6,9-12,19H,3,7-8,13-16H2,1-2H3,(H2,21,22,23);1H. The van der Waals surface area contributed by atoms with Crippen LogP contribution in [0.25, 0.3) is 0 Å². The molecular weight excluding hydrogens is 451 g/mol. The van der Waals surface area contributed by atoms with Crippen LogP contribution >= 0.6 is 24.0 Å². The highest BCUT2D eigenvalue weighted by Gasteiger charge is 2.23. The molecule has 0 radical (unpaired) electrons. The molecule has 1 fully saturated rings. The second-order valence-corrected chi connectivity index (χ2v) is 6.69. The summed E-state index contributed by atoms with van der Waals surface area (Å²) in [5, 5.41) is 11.1. The van der Waals surface area contributed by atoms with Gasteiger partial charge < -0.3 is 10.6 Å². The van der Waals surface area contributed by atoms with E-state index < -0.39 is 0 Å². The number of aryl methyl sites for hydroxylation is 1. The summed E-state index contributed by atoms with van der Waals surface area (Å²) in [6.07, 6.45) is 4.39. The van der Waals surface area contributed by atoms with Crippen LogP contribution in [0.4, 0.5) is 0 Å². The molecule has 3 rings (SSSR count). The molecule has 1 saturated heterocycles. The Bertz CT molecular complexity index is 694. The van der Waals surface area contributed by atoms with E-state index in [0.29, 0.717) is 12.6 Å². The molecule has 148 valence electrons. The van der Waals surface area contributed by atoms with Crippen LogP contribution in [0.3, 0.4) is 0 Å². The van der Waals surface area contributed by atoms with Crippen LogP contribution in [0.2, 0.25) is 0 Å². The van der Waals surface area contributed by atoms with Crippen molar-refractivity contribution in [2.75, 3.05) is 26.2 Å². The third-order valence-electron chi connectivity index (χ3n) is 4.89. The lowest BCUT2D eigenvalue weighted by molar-refractivity contribution is 0.245. The second kappa shape index (κ2) is 11.3. The van der Waals surface area contributed by atoms with Gasteiger partial charge in [-0.2, -0.15) is 5.10 Å². The smallest absolute Gasteiger partial charge is 0.191 e. The fourth-order valence-corrected chi connectivity index (χ4v) is 3.44. The Morgan fingerprint density at radius 1 is 1.15 bits per heavy atom. The van der Waals surface area contributed by atoms with Gasteiger partial charge in [-0.25, -0.2) is 4.99 Å². The maximum atomic E-state index is 4.72. The number of hydrogen-bond donors (Lipinski definition) is 2. The molecule has 0 bridgehead atoms. The van der Waals surface area contributed by atoms with Crippen molar-refractivity contribution in [1.82, 2.24) is 25.3 Å². The minimum absolute atomic E-state index is 0. The maximum Gasteiger partial charge on any atom is 0.191 e. The van der Waals surface area contributed by atoms with Crippen molar-refractivity contribution < 1.29 is 0 Å². The summed E-state index contributed by atoms with van der Waals surface area (Å²) >= 11 is 0. The zero-order valence-corrected chi connectivity index (χ0v) is 18.6. The molecular formula is C20H31IN6. The number of hydrogen-bond acceptors (Lipinski definition) is 3. The van der Waals surface area contributed by atoms with Gasteiger partial charge in [-0.15, -0.1) is 24.0 Å². The minimum atomic E-state index is 0. The van der Waals surface area contributed by atoms with Gasteiger partial charge in [-0.05, 0) is 44.5 Å². The van der Waals surface area contributed by atoms with Crippen LogP contribution in [0, 0.1) is 0 Å². The molecule has 6 nitrogen and oxygen atoms in total. The summed E-state index contributed by atoms with van der Waals surface area (Å²) < 4.78 is 1.87. The number of rotatable bonds is 7. The predicted octanol–water partition coefficient (Wildman–Crippen LogP) is 2.93. The van der Waals surface area contributed by atoms with Crippen LogP contribution in [0.1, 0.15) is 37.1 Å². The number of nitrogens with one attached hydrogen (secondary N) is 2. The van der Waals surface area contributed by atoms with E-state index in [2.05, 4.69) is 57.9 Å². The maximum absolute atomic E-state index is 4.72. The number of benzene rings is 1. The molecule has 0 aliphatic carbocycles. The van der Waals surface area contributed by atoms with E-state index in [9.17, 15) is 0 Å². The van der Waals surface area contributed by atoms with Gasteiger partial charge in [-0.3, -0.25) is 9.58 Å². The average Bonchev–Trinajstić information content (AvgIpc) is 3.33. The topological polar surface area (TPSA) is 57.5 Å². The molecule has 0 spiro atoms. The number of halogens is 1. The number of nitrogens with zero attached hydrogens (tertiary/aromatic N) is 4. The van der Waals surface area contributed by atoms with Gasteiger partial charge in [0.2, 0.25) is 0 Å². The predicted molar refractivity (Wildman–Crippen MR) is 121 cm³/mol. The summed E-state index contributed by atoms with van der Waals surface area (Å²) in [6.45, 7) is 6.74. The lowest BCUT2D eigenvalue weighted by atomic mass is 10.1. The van der Waals surface area contributed by atoms with Crippen molar-refractivity contribution in [1.29, 1.82) is 0 Å². The minimum Gasteiger partial charge on any atom is -0.357 e. The van der Waals surface area contributed by atoms with Gasteiger partial charge >= 0.3 is 0 Å². The molecule has 27 heavy (non-hydrogen) atoms. The number of guanidine groups is 1. The molecule has 1 atom stereocenters. The Balaban J connectivity index is 0.00000261. The van der Waals surface area contributed by atoms with E-state index in [1.54, 1.807) is 0 Å². The Kier molecular flexibility index (Phi) is 9.06. The number of aromatic nitrogens is 2. The zero-order valence-electron chi connectivity index (χ0n) is 16.3. The van der Waals surface area contributed by atoms with Crippen molar-refractivity contribution in [2.45, 2.75) is 32.4 Å². The van der Waals surface area contributed by atoms with E-state index in [4.69, 9.17) is 4.99 Å². The fraction of sp³-hybridized carbons (Fsp3) is 0.500. The van der Waals surface area contributed by atoms with E-state index in [0.717, 1.165) is 24.7 Å². The highest BCUT2D eigenvalue weighted by molar-refractivity contribution is 14.0. The molecule has 0 saturated carbocycles. The lowest BCUT2D eigenvalue weighted by Gasteiger charge is -2.29. The first-order valence-corrected chi connectivity index (χ1v) is 9.56. The Morgan fingerprint density at radius 3 is 2.52 bits per heavy atom. The first-order valence-electron chi connectivity index (χ1n) is 9.56. The van der Waals surface area contributed by atoms with E-state index in [1.807, 2.05) is 24.0 Å². The molecule has 1 aliphatic heterocycles. The van der Waals surface area contributed by atoms with Gasteiger partial charge in [0.15, 0.2) is 5.96 Å². The fourth-order valence-electron chi connectivity index (χ4n) is 3.44. The highest BCUT2D eigenvalue weighted by Crippen LogP contribution is 2.24. The van der Waals surface area contributed by atoms with Gasteiger partial charge in [0.05, 0.1) is 18.3 Å². The van der Waals surface area contributed by atoms with E-state index >= 15 is 0 Å². The zero-order chi connectivity index (χ0) is 18.2. The van der Waals surface area contributed by atoms with Gasteiger partial charge in [-0.1, -0.05) is 30.3 Å². The van der Waals surface area contributed by atoms with Crippen molar-refractivity contribution in [3.63, 3.8) is 0 Å². The average molecular weight is 482 g/mol. The summed E-state index contributed by atoms with van der Waals surface area (Å²) in [5.41, 5.74) is 2.46. The molecule has 0 amide bonds. The summed E-state index contributed by atoms with van der Waals surface area (Å²) in [5.74, 6) is 0.855. The van der Waals surface area contributed by atoms with Crippen LogP contribution in [0.15, 0.2) is 47.6 Å². The normalized spacial score (nSPS) is 16.0. The van der Waals surface area contributed by atoms with Crippen LogP contribution < -0.4 is 10.6 Å². The van der Waals surface area contributed by atoms with Gasteiger partial charge in [0, 0.05) is 26.3 Å². The van der Waals surface area contributed by atoms with Gasteiger partial charge in [0.1, 0.15) is 0 Å². The number of likely N-dealkylation sites (tertiary alicyclic amines) is 1. The molecule has 2 heterocycles. The van der Waals surface area contributed by atoms with Crippen LogP contribution in [-0.4, -0.2) is 46.8 Å². The van der Waals surface area contributed by atoms with Crippen molar-refractivity contribution >= 4 is 29.9 Å². The van der Waals surface area contributed by atoms with Crippen molar-refractivity contribution in [2.24, 2.45) is 12.0 Å².